The van der Waals surface area contributed by atoms with Gasteiger partial charge in [-0.25, -0.2) is 13.4 Å². The Bertz CT molecular complexity index is 701. The molecule has 0 amide bonds. The van der Waals surface area contributed by atoms with Crippen LogP contribution in [-0.2, 0) is 10.0 Å². The molecule has 0 bridgehead atoms. The summed E-state index contributed by atoms with van der Waals surface area (Å²) >= 11 is 1.17. The zero-order valence-electron chi connectivity index (χ0n) is 10.2. The van der Waals surface area contributed by atoms with Crippen molar-refractivity contribution in [1.82, 2.24) is 4.98 Å². The van der Waals surface area contributed by atoms with Crippen LogP contribution in [0.2, 0.25) is 0 Å². The molecule has 0 saturated heterocycles. The lowest BCUT2D eigenvalue weighted by atomic mass is 10.3. The number of hydrogen-bond acceptors (Lipinski definition) is 5. The van der Waals surface area contributed by atoms with E-state index < -0.39 is 16.6 Å². The van der Waals surface area contributed by atoms with E-state index in [2.05, 4.69) is 14.4 Å². The highest BCUT2D eigenvalue weighted by Gasteiger charge is 2.17. The molecular weight excluding hydrogens is 310 g/mol. The number of ether oxygens (including phenoxy) is 1. The molecule has 0 radical (unpaired) electrons. The van der Waals surface area contributed by atoms with Gasteiger partial charge in [-0.15, -0.1) is 11.3 Å². The van der Waals surface area contributed by atoms with Crippen molar-refractivity contribution in [1.29, 1.82) is 0 Å². The van der Waals surface area contributed by atoms with Crippen molar-refractivity contribution in [2.45, 2.75) is 18.4 Å². The van der Waals surface area contributed by atoms with Crippen LogP contribution < -0.4 is 9.46 Å². The summed E-state index contributed by atoms with van der Waals surface area (Å²) in [7, 11) is -3.89. The molecule has 2 aromatic rings. The predicted molar refractivity (Wildman–Crippen MR) is 70.7 cm³/mol. The molecule has 0 spiro atoms. The Hall–Kier alpha value is -1.74. The molecule has 0 saturated carbocycles. The van der Waals surface area contributed by atoms with Crippen LogP contribution >= 0.6 is 11.3 Å². The molecule has 0 aliphatic carbocycles. The molecule has 20 heavy (non-hydrogen) atoms. The van der Waals surface area contributed by atoms with Crippen molar-refractivity contribution in [3.63, 3.8) is 0 Å². The SMILES string of the molecule is Cc1cnc(NS(=O)(=O)c2cccc(OC(F)F)c2)s1. The van der Waals surface area contributed by atoms with Gasteiger partial charge in [0.25, 0.3) is 10.0 Å². The van der Waals surface area contributed by atoms with E-state index in [1.165, 1.54) is 35.7 Å². The van der Waals surface area contributed by atoms with E-state index in [0.29, 0.717) is 0 Å². The Morgan fingerprint density at radius 3 is 2.75 bits per heavy atom. The number of alkyl halides is 2. The maximum Gasteiger partial charge on any atom is 0.387 e. The minimum atomic E-state index is -3.89. The minimum absolute atomic E-state index is 0.177. The molecule has 1 N–H and O–H groups in total. The Labute approximate surface area is 118 Å². The Balaban J connectivity index is 2.25. The molecule has 9 heteroatoms. The molecule has 0 atom stereocenters. The second kappa shape index (κ2) is 5.71. The topological polar surface area (TPSA) is 68.3 Å². The van der Waals surface area contributed by atoms with Crippen LogP contribution in [0.4, 0.5) is 13.9 Å². The number of hydrogen-bond donors (Lipinski definition) is 1. The average Bonchev–Trinajstić information content (AvgIpc) is 2.73. The summed E-state index contributed by atoms with van der Waals surface area (Å²) in [5.41, 5.74) is 0. The molecule has 1 aromatic carbocycles. The fourth-order valence-corrected chi connectivity index (χ4v) is 3.33. The van der Waals surface area contributed by atoms with Crippen LogP contribution in [0.3, 0.4) is 0 Å². The number of anilines is 1. The standard InChI is InChI=1S/C11H10F2N2O3S2/c1-7-6-14-11(19-7)15-20(16,17)9-4-2-3-8(5-9)18-10(12)13/h2-6,10H,1H3,(H,14,15). The molecule has 1 aromatic heterocycles. The van der Waals surface area contributed by atoms with Crippen LogP contribution in [-0.4, -0.2) is 20.0 Å². The fourth-order valence-electron chi connectivity index (χ4n) is 1.39. The molecule has 5 nitrogen and oxygen atoms in total. The first kappa shape index (κ1) is 14.7. The van der Waals surface area contributed by atoms with E-state index in [9.17, 15) is 17.2 Å². The average molecular weight is 320 g/mol. The van der Waals surface area contributed by atoms with Gasteiger partial charge in [0.2, 0.25) is 0 Å². The molecule has 108 valence electrons. The van der Waals surface area contributed by atoms with Crippen molar-refractivity contribution in [3.05, 3.63) is 35.3 Å². The van der Waals surface area contributed by atoms with Gasteiger partial charge in [0, 0.05) is 17.1 Å². The van der Waals surface area contributed by atoms with E-state index >= 15 is 0 Å². The summed E-state index contributed by atoms with van der Waals surface area (Å²) in [5, 5.41) is 0.211. The van der Waals surface area contributed by atoms with E-state index in [1.54, 1.807) is 6.92 Å². The molecule has 1 heterocycles. The van der Waals surface area contributed by atoms with Crippen LogP contribution in [0, 0.1) is 6.92 Å². The zero-order chi connectivity index (χ0) is 14.8. The van der Waals surface area contributed by atoms with Gasteiger partial charge in [0.15, 0.2) is 5.13 Å². The van der Waals surface area contributed by atoms with Gasteiger partial charge < -0.3 is 4.74 Å². The van der Waals surface area contributed by atoms with Crippen molar-refractivity contribution >= 4 is 26.5 Å². The number of rotatable bonds is 5. The van der Waals surface area contributed by atoms with Gasteiger partial charge in [-0.1, -0.05) is 6.07 Å². The fraction of sp³-hybridized carbons (Fsp3) is 0.182. The van der Waals surface area contributed by atoms with Gasteiger partial charge in [-0.2, -0.15) is 8.78 Å². The second-order valence-electron chi connectivity index (χ2n) is 3.73. The summed E-state index contributed by atoms with van der Waals surface area (Å²) in [4.78, 5) is 4.54. The Morgan fingerprint density at radius 1 is 1.40 bits per heavy atom. The molecule has 0 aliphatic rings. The Kier molecular flexibility index (Phi) is 4.19. The van der Waals surface area contributed by atoms with Crippen molar-refractivity contribution in [2.75, 3.05) is 4.72 Å². The number of nitrogens with zero attached hydrogens (tertiary/aromatic N) is 1. The highest BCUT2D eigenvalue weighted by atomic mass is 32.2. The lowest BCUT2D eigenvalue weighted by Gasteiger charge is -2.08. The maximum atomic E-state index is 12.1. The molecule has 2 rings (SSSR count). The number of aryl methyl sites for hydroxylation is 1. The summed E-state index contributed by atoms with van der Waals surface area (Å²) in [6.07, 6.45) is 1.53. The third kappa shape index (κ3) is 3.64. The minimum Gasteiger partial charge on any atom is -0.435 e. The van der Waals surface area contributed by atoms with Crippen molar-refractivity contribution < 1.29 is 21.9 Å². The molecule has 0 fully saturated rings. The highest BCUT2D eigenvalue weighted by molar-refractivity contribution is 7.93. The second-order valence-corrected chi connectivity index (χ2v) is 6.65. The van der Waals surface area contributed by atoms with Crippen LogP contribution in [0.1, 0.15) is 4.88 Å². The summed E-state index contributed by atoms with van der Waals surface area (Å²) in [6.45, 7) is -1.23. The first-order chi connectivity index (χ1) is 9.37. The summed E-state index contributed by atoms with van der Waals surface area (Å²) in [5.74, 6) is -0.224. The number of halogens is 2. The number of nitrogens with one attached hydrogen (secondary N) is 1. The number of benzene rings is 1. The molecule has 0 aliphatic heterocycles. The van der Waals surface area contributed by atoms with Gasteiger partial charge in [0.1, 0.15) is 5.75 Å². The van der Waals surface area contributed by atoms with Crippen LogP contribution in [0.25, 0.3) is 0 Å². The van der Waals surface area contributed by atoms with E-state index in [4.69, 9.17) is 0 Å². The van der Waals surface area contributed by atoms with Crippen molar-refractivity contribution in [2.24, 2.45) is 0 Å². The lowest BCUT2D eigenvalue weighted by Crippen LogP contribution is -2.13. The maximum absolute atomic E-state index is 12.1. The van der Waals surface area contributed by atoms with Gasteiger partial charge in [-0.05, 0) is 19.1 Å². The van der Waals surface area contributed by atoms with Crippen LogP contribution in [0.5, 0.6) is 5.75 Å². The van der Waals surface area contributed by atoms with Crippen molar-refractivity contribution in [3.8, 4) is 5.75 Å². The number of aromatic nitrogens is 1. The summed E-state index contributed by atoms with van der Waals surface area (Å²) < 4.78 is 54.8. The molecule has 0 unspecified atom stereocenters. The Morgan fingerprint density at radius 2 is 2.15 bits per heavy atom. The zero-order valence-corrected chi connectivity index (χ0v) is 11.8. The third-order valence-corrected chi connectivity index (χ3v) is 4.48. The number of sulfonamides is 1. The first-order valence-electron chi connectivity index (χ1n) is 5.37. The van der Waals surface area contributed by atoms with Gasteiger partial charge in [0.05, 0.1) is 4.90 Å². The quantitative estimate of drug-likeness (QED) is 0.920. The smallest absolute Gasteiger partial charge is 0.387 e. The summed E-state index contributed by atoms with van der Waals surface area (Å²) in [6, 6.07) is 4.87. The highest BCUT2D eigenvalue weighted by Crippen LogP contribution is 2.23. The largest absolute Gasteiger partial charge is 0.435 e. The predicted octanol–water partition coefficient (Wildman–Crippen LogP) is 2.85. The monoisotopic (exact) mass is 320 g/mol. The van der Waals surface area contributed by atoms with Gasteiger partial charge >= 0.3 is 6.61 Å². The van der Waals surface area contributed by atoms with E-state index in [0.717, 1.165) is 10.9 Å². The number of thiazole rings is 1. The van der Waals surface area contributed by atoms with Gasteiger partial charge in [-0.3, -0.25) is 4.72 Å². The van der Waals surface area contributed by atoms with Crippen LogP contribution in [0.15, 0.2) is 35.4 Å². The first-order valence-corrected chi connectivity index (χ1v) is 7.67. The van der Waals surface area contributed by atoms with E-state index in [-0.39, 0.29) is 15.8 Å². The molecular formula is C11H10F2N2O3S2. The lowest BCUT2D eigenvalue weighted by molar-refractivity contribution is -0.0499. The van der Waals surface area contributed by atoms with E-state index in [1.807, 2.05) is 0 Å². The third-order valence-electron chi connectivity index (χ3n) is 2.18. The normalized spacial score (nSPS) is 11.6.